The quantitative estimate of drug-likeness (QED) is 0.0587. The van der Waals surface area contributed by atoms with Crippen molar-refractivity contribution >= 4 is 5.97 Å². The summed E-state index contributed by atoms with van der Waals surface area (Å²) in [7, 11) is 0. The Bertz CT molecular complexity index is 597. The van der Waals surface area contributed by atoms with Crippen molar-refractivity contribution in [3.63, 3.8) is 0 Å². The molecule has 0 aliphatic heterocycles. The topological polar surface area (TPSA) is 26.3 Å². The average molecular weight is 529 g/mol. The first-order valence-electron chi connectivity index (χ1n) is 17.1. The van der Waals surface area contributed by atoms with Crippen LogP contribution in [0.2, 0.25) is 0 Å². The van der Waals surface area contributed by atoms with Crippen LogP contribution in [0.25, 0.3) is 0 Å². The predicted molar refractivity (Wildman–Crippen MR) is 167 cm³/mol. The van der Waals surface area contributed by atoms with E-state index in [2.05, 4.69) is 6.92 Å². The Kier molecular flexibility index (Phi) is 26.2. The maximum Gasteiger partial charge on any atom is 0.311 e. The third-order valence-electron chi connectivity index (χ3n) is 7.96. The molecule has 1 aromatic rings. The summed E-state index contributed by atoms with van der Waals surface area (Å²) in [4.78, 5) is 11.8. The predicted octanol–water partition coefficient (Wildman–Crippen LogP) is 12.5. The van der Waals surface area contributed by atoms with E-state index in [0.29, 0.717) is 12.2 Å². The van der Waals surface area contributed by atoms with Crippen LogP contribution in [0.15, 0.2) is 30.3 Å². The summed E-state index contributed by atoms with van der Waals surface area (Å²) in [6.45, 7) is 2.30. The Morgan fingerprint density at radius 3 is 1.05 bits per heavy atom. The van der Waals surface area contributed by atoms with Gasteiger partial charge in [0.05, 0.1) is 0 Å². The van der Waals surface area contributed by atoms with Gasteiger partial charge in [-0.05, 0) is 18.6 Å². The highest BCUT2D eigenvalue weighted by molar-refractivity contribution is 5.72. The molecule has 1 aromatic carbocycles. The molecule has 0 amide bonds. The summed E-state index contributed by atoms with van der Waals surface area (Å²) in [6.07, 6.45) is 38.4. The van der Waals surface area contributed by atoms with Gasteiger partial charge in [0.15, 0.2) is 0 Å². The molecule has 2 heteroatoms. The van der Waals surface area contributed by atoms with Crippen LogP contribution in [0, 0.1) is 0 Å². The lowest BCUT2D eigenvalue weighted by Gasteiger charge is -2.05. The number of para-hydroxylation sites is 1. The zero-order valence-electron chi connectivity index (χ0n) is 25.5. The van der Waals surface area contributed by atoms with E-state index < -0.39 is 0 Å². The Morgan fingerprint density at radius 2 is 0.737 bits per heavy atom. The smallest absolute Gasteiger partial charge is 0.311 e. The third-order valence-corrected chi connectivity index (χ3v) is 7.96. The fourth-order valence-electron chi connectivity index (χ4n) is 5.43. The van der Waals surface area contributed by atoms with Crippen LogP contribution >= 0.6 is 0 Å². The molecule has 0 aliphatic rings. The molecule has 0 unspecified atom stereocenters. The second-order valence-corrected chi connectivity index (χ2v) is 11.7. The molecule has 0 aliphatic carbocycles. The van der Waals surface area contributed by atoms with Gasteiger partial charge >= 0.3 is 5.97 Å². The van der Waals surface area contributed by atoms with Crippen molar-refractivity contribution < 1.29 is 9.53 Å². The molecule has 0 radical (unpaired) electrons. The summed E-state index contributed by atoms with van der Waals surface area (Å²) in [5, 5.41) is 0. The number of hydrogen-bond donors (Lipinski definition) is 0. The Balaban J connectivity index is 1.66. The van der Waals surface area contributed by atoms with Gasteiger partial charge in [0, 0.05) is 6.42 Å². The van der Waals surface area contributed by atoms with Gasteiger partial charge in [-0.1, -0.05) is 192 Å². The first kappa shape index (κ1) is 34.7. The number of hydrogen-bond acceptors (Lipinski definition) is 2. The maximum absolute atomic E-state index is 11.8. The Hall–Kier alpha value is -1.31. The second-order valence-electron chi connectivity index (χ2n) is 11.7. The van der Waals surface area contributed by atoms with Crippen molar-refractivity contribution in [2.24, 2.45) is 0 Å². The molecule has 0 bridgehead atoms. The van der Waals surface area contributed by atoms with Crippen LogP contribution in [0.5, 0.6) is 5.75 Å². The largest absolute Gasteiger partial charge is 0.427 e. The minimum atomic E-state index is -0.101. The lowest BCUT2D eigenvalue weighted by atomic mass is 10.0. The van der Waals surface area contributed by atoms with E-state index in [0.717, 1.165) is 12.8 Å². The molecule has 1 rings (SSSR count). The maximum atomic E-state index is 11.8. The molecule has 220 valence electrons. The first-order chi connectivity index (χ1) is 18.8. The van der Waals surface area contributed by atoms with Crippen LogP contribution in [-0.4, -0.2) is 5.97 Å². The molecule has 0 saturated heterocycles. The molecule has 2 nitrogen and oxygen atoms in total. The number of carbonyl (C=O) groups excluding carboxylic acids is 1. The SMILES string of the molecule is CCCCCCCCCCCCCCCCCCCCCCCCCCCCCC(=O)Oc1ccccc1. The first-order valence-corrected chi connectivity index (χ1v) is 17.1. The van der Waals surface area contributed by atoms with Gasteiger partial charge in [0.25, 0.3) is 0 Å². The van der Waals surface area contributed by atoms with Gasteiger partial charge in [-0.3, -0.25) is 4.79 Å². The Labute approximate surface area is 238 Å². The minimum Gasteiger partial charge on any atom is -0.427 e. The average Bonchev–Trinajstić information content (AvgIpc) is 2.93. The van der Waals surface area contributed by atoms with Crippen molar-refractivity contribution in [1.82, 2.24) is 0 Å². The van der Waals surface area contributed by atoms with Gasteiger partial charge in [-0.15, -0.1) is 0 Å². The van der Waals surface area contributed by atoms with E-state index in [1.54, 1.807) is 0 Å². The van der Waals surface area contributed by atoms with Crippen LogP contribution in [-0.2, 0) is 4.79 Å². The van der Waals surface area contributed by atoms with Gasteiger partial charge in [0.1, 0.15) is 5.75 Å². The summed E-state index contributed by atoms with van der Waals surface area (Å²) in [6, 6.07) is 9.38. The number of esters is 1. The lowest BCUT2D eigenvalue weighted by Crippen LogP contribution is -2.07. The van der Waals surface area contributed by atoms with Crippen LogP contribution in [0.3, 0.4) is 0 Å². The summed E-state index contributed by atoms with van der Waals surface area (Å²) in [5.41, 5.74) is 0. The molecule has 0 saturated carbocycles. The molecule has 0 aromatic heterocycles. The van der Waals surface area contributed by atoms with E-state index in [1.165, 1.54) is 161 Å². The van der Waals surface area contributed by atoms with E-state index in [1.807, 2.05) is 30.3 Å². The molecule has 38 heavy (non-hydrogen) atoms. The highest BCUT2D eigenvalue weighted by atomic mass is 16.5. The van der Waals surface area contributed by atoms with E-state index in [4.69, 9.17) is 4.74 Å². The van der Waals surface area contributed by atoms with Gasteiger partial charge in [-0.2, -0.15) is 0 Å². The minimum absolute atomic E-state index is 0.101. The van der Waals surface area contributed by atoms with Crippen molar-refractivity contribution in [2.45, 2.75) is 187 Å². The Morgan fingerprint density at radius 1 is 0.447 bits per heavy atom. The van der Waals surface area contributed by atoms with E-state index in [9.17, 15) is 4.79 Å². The highest BCUT2D eigenvalue weighted by Crippen LogP contribution is 2.16. The summed E-state index contributed by atoms with van der Waals surface area (Å²) >= 11 is 0. The number of carbonyl (C=O) groups is 1. The standard InChI is InChI=1S/C36H64O2/c1-2-3-4-5-6-7-8-9-10-11-12-13-14-15-16-17-18-19-20-21-22-23-24-25-26-27-31-34-36(37)38-35-32-29-28-30-33-35/h28-30,32-33H,2-27,31,34H2,1H3. The number of unbranched alkanes of at least 4 members (excludes halogenated alkanes) is 26. The molecular formula is C36H64O2. The van der Waals surface area contributed by atoms with Crippen molar-refractivity contribution in [3.8, 4) is 5.75 Å². The molecule has 0 spiro atoms. The molecule has 0 atom stereocenters. The van der Waals surface area contributed by atoms with E-state index >= 15 is 0 Å². The van der Waals surface area contributed by atoms with Crippen molar-refractivity contribution in [3.05, 3.63) is 30.3 Å². The van der Waals surface area contributed by atoms with Crippen molar-refractivity contribution in [2.75, 3.05) is 0 Å². The second kappa shape index (κ2) is 28.7. The lowest BCUT2D eigenvalue weighted by molar-refractivity contribution is -0.134. The zero-order valence-corrected chi connectivity index (χ0v) is 25.5. The number of rotatable bonds is 29. The molecule has 0 heterocycles. The fourth-order valence-corrected chi connectivity index (χ4v) is 5.43. The van der Waals surface area contributed by atoms with Crippen LogP contribution in [0.4, 0.5) is 0 Å². The van der Waals surface area contributed by atoms with Crippen LogP contribution < -0.4 is 4.74 Å². The monoisotopic (exact) mass is 528 g/mol. The number of benzene rings is 1. The highest BCUT2D eigenvalue weighted by Gasteiger charge is 2.04. The summed E-state index contributed by atoms with van der Waals surface area (Å²) < 4.78 is 5.33. The molecular weight excluding hydrogens is 464 g/mol. The van der Waals surface area contributed by atoms with Crippen molar-refractivity contribution in [1.29, 1.82) is 0 Å². The molecule has 0 N–H and O–H groups in total. The fraction of sp³-hybridized carbons (Fsp3) is 0.806. The van der Waals surface area contributed by atoms with Crippen LogP contribution in [0.1, 0.15) is 187 Å². The van der Waals surface area contributed by atoms with E-state index in [-0.39, 0.29) is 5.97 Å². The number of ether oxygens (including phenoxy) is 1. The van der Waals surface area contributed by atoms with Gasteiger partial charge in [0.2, 0.25) is 0 Å². The molecule has 0 fully saturated rings. The third kappa shape index (κ3) is 25.0. The van der Waals surface area contributed by atoms with Gasteiger partial charge < -0.3 is 4.74 Å². The summed E-state index contributed by atoms with van der Waals surface area (Å²) in [5.74, 6) is 0.554. The van der Waals surface area contributed by atoms with Gasteiger partial charge in [-0.25, -0.2) is 0 Å². The zero-order chi connectivity index (χ0) is 27.2. The normalized spacial score (nSPS) is 11.2.